The fourth-order valence-electron chi connectivity index (χ4n) is 3.28. The Morgan fingerprint density at radius 3 is 2.78 bits per heavy atom. The summed E-state index contributed by atoms with van der Waals surface area (Å²) in [5.74, 6) is 0. The summed E-state index contributed by atoms with van der Waals surface area (Å²) >= 11 is 1.80. The molecule has 2 fully saturated rings. The molecule has 98 valence electrons. The van der Waals surface area contributed by atoms with Gasteiger partial charge in [-0.1, -0.05) is 0 Å². The molecule has 0 aliphatic carbocycles. The Balaban J connectivity index is 1.58. The van der Waals surface area contributed by atoms with Crippen LogP contribution in [-0.2, 0) is 0 Å². The molecule has 2 heterocycles. The second kappa shape index (κ2) is 5.54. The minimum atomic E-state index is 0.671. The van der Waals surface area contributed by atoms with E-state index < -0.39 is 0 Å². The van der Waals surface area contributed by atoms with Crippen molar-refractivity contribution >= 4 is 17.4 Å². The van der Waals surface area contributed by atoms with Crippen LogP contribution in [-0.4, -0.2) is 36.3 Å². The Morgan fingerprint density at radius 1 is 1.17 bits per heavy atom. The number of hydrogen-bond donors (Lipinski definition) is 1. The molecule has 0 spiro atoms. The summed E-state index contributed by atoms with van der Waals surface area (Å²) in [6, 6.07) is 10.4. The second-order valence-corrected chi connectivity index (χ2v) is 6.31. The Labute approximate surface area is 114 Å². The molecule has 1 N–H and O–H groups in total. The van der Waals surface area contributed by atoms with Crippen molar-refractivity contribution in [2.45, 2.75) is 42.7 Å². The molecular formula is C15H22N2S. The Bertz CT molecular complexity index is 390. The van der Waals surface area contributed by atoms with Gasteiger partial charge >= 0.3 is 0 Å². The number of hydrogen-bond acceptors (Lipinski definition) is 3. The summed E-state index contributed by atoms with van der Waals surface area (Å²) in [7, 11) is 0. The summed E-state index contributed by atoms with van der Waals surface area (Å²) < 4.78 is 0. The molecule has 3 heteroatoms. The summed E-state index contributed by atoms with van der Waals surface area (Å²) in [6.07, 6.45) is 7.55. The van der Waals surface area contributed by atoms with Crippen molar-refractivity contribution in [3.05, 3.63) is 24.3 Å². The van der Waals surface area contributed by atoms with Crippen LogP contribution in [0.3, 0.4) is 0 Å². The zero-order valence-electron chi connectivity index (χ0n) is 11.1. The van der Waals surface area contributed by atoms with Crippen molar-refractivity contribution < 1.29 is 0 Å². The molecule has 18 heavy (non-hydrogen) atoms. The van der Waals surface area contributed by atoms with Crippen LogP contribution in [0.4, 0.5) is 5.69 Å². The van der Waals surface area contributed by atoms with Gasteiger partial charge in [0, 0.05) is 29.2 Å². The van der Waals surface area contributed by atoms with Gasteiger partial charge in [0.25, 0.3) is 0 Å². The van der Waals surface area contributed by atoms with Crippen LogP contribution in [0.1, 0.15) is 25.7 Å². The maximum atomic E-state index is 3.71. The molecule has 2 unspecified atom stereocenters. The van der Waals surface area contributed by atoms with E-state index in [1.807, 2.05) is 0 Å². The van der Waals surface area contributed by atoms with Crippen LogP contribution in [0.5, 0.6) is 0 Å². The lowest BCUT2D eigenvalue weighted by Gasteiger charge is -2.35. The van der Waals surface area contributed by atoms with Crippen molar-refractivity contribution in [2.75, 3.05) is 24.7 Å². The minimum Gasteiger partial charge on any atom is -0.382 e. The number of anilines is 1. The summed E-state index contributed by atoms with van der Waals surface area (Å²) in [4.78, 5) is 4.01. The van der Waals surface area contributed by atoms with Gasteiger partial charge in [0.05, 0.1) is 0 Å². The first kappa shape index (κ1) is 12.4. The van der Waals surface area contributed by atoms with E-state index in [4.69, 9.17) is 0 Å². The average Bonchev–Trinajstić information content (AvgIpc) is 2.87. The third-order valence-corrected chi connectivity index (χ3v) is 5.02. The number of fused-ring (bicyclic) bond motifs is 1. The molecule has 2 saturated heterocycles. The fourth-order valence-corrected chi connectivity index (χ4v) is 3.69. The Kier molecular flexibility index (Phi) is 3.80. The highest BCUT2D eigenvalue weighted by Gasteiger charge is 2.31. The van der Waals surface area contributed by atoms with Crippen LogP contribution >= 0.6 is 11.8 Å². The first-order valence-corrected chi connectivity index (χ1v) is 8.22. The molecule has 3 rings (SSSR count). The molecule has 1 aromatic carbocycles. The number of nitrogens with zero attached hydrogens (tertiary/aromatic N) is 1. The van der Waals surface area contributed by atoms with Crippen molar-refractivity contribution in [3.8, 4) is 0 Å². The summed E-state index contributed by atoms with van der Waals surface area (Å²) in [6.45, 7) is 2.62. The van der Waals surface area contributed by atoms with Gasteiger partial charge in [0.2, 0.25) is 0 Å². The van der Waals surface area contributed by atoms with Gasteiger partial charge in [-0.3, -0.25) is 0 Å². The molecule has 2 nitrogen and oxygen atoms in total. The van der Waals surface area contributed by atoms with E-state index in [2.05, 4.69) is 40.7 Å². The van der Waals surface area contributed by atoms with Gasteiger partial charge in [-0.2, -0.15) is 0 Å². The van der Waals surface area contributed by atoms with Crippen LogP contribution in [0.15, 0.2) is 29.2 Å². The van der Waals surface area contributed by atoms with Gasteiger partial charge in [-0.15, -0.1) is 11.8 Å². The number of piperidine rings is 1. The third-order valence-electron chi connectivity index (χ3n) is 4.28. The van der Waals surface area contributed by atoms with E-state index in [9.17, 15) is 0 Å². The maximum absolute atomic E-state index is 3.71. The zero-order valence-corrected chi connectivity index (χ0v) is 11.9. The predicted octanol–water partition coefficient (Wildman–Crippen LogP) is 3.45. The lowest BCUT2D eigenvalue weighted by Crippen LogP contribution is -2.42. The van der Waals surface area contributed by atoms with E-state index in [0.717, 1.165) is 6.04 Å². The molecule has 0 aromatic heterocycles. The largest absolute Gasteiger partial charge is 0.382 e. The number of nitrogens with one attached hydrogen (secondary N) is 1. The van der Waals surface area contributed by atoms with E-state index in [1.54, 1.807) is 11.8 Å². The van der Waals surface area contributed by atoms with Crippen LogP contribution in [0.2, 0.25) is 0 Å². The third kappa shape index (κ3) is 2.67. The van der Waals surface area contributed by atoms with Crippen molar-refractivity contribution in [3.63, 3.8) is 0 Å². The molecule has 0 amide bonds. The standard InChI is InChI=1S/C15H22N2S/c1-18-15-6-4-12(5-7-15)16-13-8-10-17-9-2-3-14(17)11-13/h4-7,13-14,16H,2-3,8-11H2,1H3. The molecule has 0 saturated carbocycles. The zero-order chi connectivity index (χ0) is 12.4. The molecule has 0 radical (unpaired) electrons. The van der Waals surface area contributed by atoms with Gasteiger partial charge in [0.15, 0.2) is 0 Å². The van der Waals surface area contributed by atoms with Crippen LogP contribution in [0, 0.1) is 0 Å². The SMILES string of the molecule is CSc1ccc(NC2CCN3CCCC3C2)cc1. The Morgan fingerprint density at radius 2 is 2.00 bits per heavy atom. The molecule has 1 aromatic rings. The number of benzene rings is 1. The lowest BCUT2D eigenvalue weighted by molar-refractivity contribution is 0.188. The number of thioether (sulfide) groups is 1. The minimum absolute atomic E-state index is 0.671. The highest BCUT2D eigenvalue weighted by Crippen LogP contribution is 2.28. The molecule has 0 bridgehead atoms. The Hall–Kier alpha value is -0.670. The molecule has 2 aliphatic rings. The fraction of sp³-hybridized carbons (Fsp3) is 0.600. The molecule has 2 aliphatic heterocycles. The van der Waals surface area contributed by atoms with E-state index in [1.165, 1.54) is 49.4 Å². The van der Waals surface area contributed by atoms with Crippen LogP contribution in [0.25, 0.3) is 0 Å². The quantitative estimate of drug-likeness (QED) is 0.840. The summed E-state index contributed by atoms with van der Waals surface area (Å²) in [5, 5.41) is 3.71. The van der Waals surface area contributed by atoms with Crippen LogP contribution < -0.4 is 5.32 Å². The smallest absolute Gasteiger partial charge is 0.0343 e. The highest BCUT2D eigenvalue weighted by atomic mass is 32.2. The second-order valence-electron chi connectivity index (χ2n) is 5.43. The lowest BCUT2D eigenvalue weighted by atomic mass is 9.97. The topological polar surface area (TPSA) is 15.3 Å². The van der Waals surface area contributed by atoms with Crippen molar-refractivity contribution in [2.24, 2.45) is 0 Å². The van der Waals surface area contributed by atoms with Gasteiger partial charge in [-0.05, 0) is 62.7 Å². The van der Waals surface area contributed by atoms with Crippen molar-refractivity contribution in [1.29, 1.82) is 0 Å². The average molecular weight is 262 g/mol. The van der Waals surface area contributed by atoms with Crippen molar-refractivity contribution in [1.82, 2.24) is 4.90 Å². The monoisotopic (exact) mass is 262 g/mol. The molecule has 2 atom stereocenters. The van der Waals surface area contributed by atoms with Gasteiger partial charge in [0.1, 0.15) is 0 Å². The molecular weight excluding hydrogens is 240 g/mol. The van der Waals surface area contributed by atoms with Gasteiger partial charge in [-0.25, -0.2) is 0 Å². The maximum Gasteiger partial charge on any atom is 0.0343 e. The first-order chi connectivity index (χ1) is 8.85. The highest BCUT2D eigenvalue weighted by molar-refractivity contribution is 7.98. The predicted molar refractivity (Wildman–Crippen MR) is 79.5 cm³/mol. The normalized spacial score (nSPS) is 28.1. The first-order valence-electron chi connectivity index (χ1n) is 7.00. The van der Waals surface area contributed by atoms with E-state index in [0.29, 0.717) is 6.04 Å². The number of rotatable bonds is 3. The van der Waals surface area contributed by atoms with Gasteiger partial charge < -0.3 is 10.2 Å². The van der Waals surface area contributed by atoms with E-state index in [-0.39, 0.29) is 0 Å². The summed E-state index contributed by atoms with van der Waals surface area (Å²) in [5.41, 5.74) is 1.28. The van der Waals surface area contributed by atoms with E-state index >= 15 is 0 Å².